The van der Waals surface area contributed by atoms with Crippen LogP contribution >= 0.6 is 0 Å². The molecular weight excluding hydrogens is 348 g/mol. The first-order chi connectivity index (χ1) is 13.1. The van der Waals surface area contributed by atoms with Crippen LogP contribution in [0.3, 0.4) is 0 Å². The number of esters is 1. The molecule has 1 fully saturated rings. The molecule has 0 radical (unpaired) electrons. The molecule has 0 spiro atoms. The summed E-state index contributed by atoms with van der Waals surface area (Å²) in [4.78, 5) is 24.4. The molecular formula is C19H20N4O4. The van der Waals surface area contributed by atoms with Crippen LogP contribution in [0.15, 0.2) is 36.5 Å². The van der Waals surface area contributed by atoms with Crippen LogP contribution in [-0.2, 0) is 9.53 Å². The zero-order chi connectivity index (χ0) is 19.3. The van der Waals surface area contributed by atoms with Crippen molar-refractivity contribution < 1.29 is 19.1 Å². The Morgan fingerprint density at radius 2 is 2.00 bits per heavy atom. The summed E-state index contributed by atoms with van der Waals surface area (Å²) < 4.78 is 11.8. The van der Waals surface area contributed by atoms with Crippen molar-refractivity contribution in [2.24, 2.45) is 0 Å². The Morgan fingerprint density at radius 1 is 1.30 bits per heavy atom. The smallest absolute Gasteiger partial charge is 0.363 e. The number of methoxy groups -OCH3 is 1. The highest BCUT2D eigenvalue weighted by Crippen LogP contribution is 2.28. The number of hydrogen-bond donors (Lipinski definition) is 1. The minimum absolute atomic E-state index is 0.0231. The second-order valence-electron chi connectivity index (χ2n) is 6.35. The molecule has 27 heavy (non-hydrogen) atoms. The van der Waals surface area contributed by atoms with E-state index in [1.165, 1.54) is 11.8 Å². The third-order valence-corrected chi connectivity index (χ3v) is 4.50. The molecule has 0 bridgehead atoms. The van der Waals surface area contributed by atoms with Gasteiger partial charge in [-0.15, -0.1) is 0 Å². The second kappa shape index (κ2) is 7.91. The number of nitrogens with zero attached hydrogens (tertiary/aromatic N) is 3. The fourth-order valence-corrected chi connectivity index (χ4v) is 3.11. The summed E-state index contributed by atoms with van der Waals surface area (Å²) in [5.41, 5.74) is -0.120. The predicted octanol–water partition coefficient (Wildman–Crippen LogP) is 1.99. The Kier molecular flexibility index (Phi) is 5.41. The van der Waals surface area contributed by atoms with E-state index < -0.39 is 24.0 Å². The van der Waals surface area contributed by atoms with Crippen molar-refractivity contribution >= 4 is 11.9 Å². The maximum Gasteiger partial charge on any atom is 0.363 e. The van der Waals surface area contributed by atoms with Crippen LogP contribution in [-0.4, -0.2) is 40.9 Å². The first kappa shape index (κ1) is 18.5. The number of nitriles is 1. The minimum atomic E-state index is -0.851. The molecule has 1 N–H and O–H groups in total. The highest BCUT2D eigenvalue weighted by molar-refractivity contribution is 5.92. The average Bonchev–Trinajstić information content (AvgIpc) is 3.34. The monoisotopic (exact) mass is 368 g/mol. The largest absolute Gasteiger partial charge is 0.493 e. The van der Waals surface area contributed by atoms with E-state index in [0.717, 1.165) is 18.5 Å². The maximum atomic E-state index is 12.3. The summed E-state index contributed by atoms with van der Waals surface area (Å²) >= 11 is 0. The van der Waals surface area contributed by atoms with E-state index in [-0.39, 0.29) is 11.4 Å². The number of para-hydroxylation sites is 1. The first-order valence-electron chi connectivity index (χ1n) is 8.65. The molecule has 140 valence electrons. The molecule has 0 saturated heterocycles. The molecule has 8 nitrogen and oxygen atoms in total. The van der Waals surface area contributed by atoms with Crippen molar-refractivity contribution in [2.75, 3.05) is 13.7 Å². The zero-order valence-corrected chi connectivity index (χ0v) is 15.0. The number of benzene rings is 1. The van der Waals surface area contributed by atoms with E-state index in [1.807, 2.05) is 30.3 Å². The molecule has 1 heterocycles. The van der Waals surface area contributed by atoms with Crippen molar-refractivity contribution in [3.8, 4) is 17.5 Å². The lowest BCUT2D eigenvalue weighted by Gasteiger charge is -2.21. The quantitative estimate of drug-likeness (QED) is 0.782. The van der Waals surface area contributed by atoms with Gasteiger partial charge >= 0.3 is 5.97 Å². The molecule has 0 atom stereocenters. The first-order valence-corrected chi connectivity index (χ1v) is 8.65. The van der Waals surface area contributed by atoms with Gasteiger partial charge in [0.25, 0.3) is 5.91 Å². The van der Waals surface area contributed by atoms with Crippen LogP contribution in [0.2, 0.25) is 0 Å². The summed E-state index contributed by atoms with van der Waals surface area (Å²) in [5, 5.41) is 16.2. The topological polar surface area (TPSA) is 106 Å². The van der Waals surface area contributed by atoms with E-state index in [1.54, 1.807) is 6.20 Å². The third-order valence-electron chi connectivity index (χ3n) is 4.50. The number of nitrogens with one attached hydrogen (secondary N) is 1. The fourth-order valence-electron chi connectivity index (χ4n) is 3.11. The maximum absolute atomic E-state index is 12.3. The SMILES string of the molecule is COc1cn(-c2ccccc2)nc1C(=O)OCC(=O)NC1(C#N)CCCC1. The van der Waals surface area contributed by atoms with Gasteiger partial charge in [0.15, 0.2) is 12.4 Å². The van der Waals surface area contributed by atoms with Crippen molar-refractivity contribution in [3.63, 3.8) is 0 Å². The predicted molar refractivity (Wildman–Crippen MR) is 95.4 cm³/mol. The van der Waals surface area contributed by atoms with Gasteiger partial charge in [-0.25, -0.2) is 9.48 Å². The van der Waals surface area contributed by atoms with E-state index in [4.69, 9.17) is 9.47 Å². The van der Waals surface area contributed by atoms with Crippen molar-refractivity contribution in [1.29, 1.82) is 5.26 Å². The van der Waals surface area contributed by atoms with E-state index in [0.29, 0.717) is 12.8 Å². The molecule has 2 aromatic rings. The number of carbonyl (C=O) groups excluding carboxylic acids is 2. The molecule has 1 aromatic heterocycles. The third kappa shape index (κ3) is 4.08. The fraction of sp³-hybridized carbons (Fsp3) is 0.368. The number of hydrogen-bond acceptors (Lipinski definition) is 6. The molecule has 1 aromatic carbocycles. The van der Waals surface area contributed by atoms with Gasteiger partial charge < -0.3 is 14.8 Å². The Bertz CT molecular complexity index is 864. The molecule has 1 aliphatic carbocycles. The van der Waals surface area contributed by atoms with Crippen LogP contribution < -0.4 is 10.1 Å². The van der Waals surface area contributed by atoms with Gasteiger partial charge in [0, 0.05) is 0 Å². The van der Waals surface area contributed by atoms with E-state index in [2.05, 4.69) is 16.5 Å². The van der Waals surface area contributed by atoms with Gasteiger partial charge in [-0.1, -0.05) is 18.2 Å². The van der Waals surface area contributed by atoms with Crippen LogP contribution in [0.4, 0.5) is 0 Å². The minimum Gasteiger partial charge on any atom is -0.493 e. The van der Waals surface area contributed by atoms with Gasteiger partial charge in [0.2, 0.25) is 5.69 Å². The molecule has 1 amide bonds. The summed E-state index contributed by atoms with van der Waals surface area (Å²) in [6.45, 7) is -0.483. The summed E-state index contributed by atoms with van der Waals surface area (Å²) in [6.07, 6.45) is 4.57. The highest BCUT2D eigenvalue weighted by Gasteiger charge is 2.35. The summed E-state index contributed by atoms with van der Waals surface area (Å²) in [5.74, 6) is -1.03. The number of amides is 1. The Morgan fingerprint density at radius 3 is 2.63 bits per heavy atom. The van der Waals surface area contributed by atoms with E-state index in [9.17, 15) is 14.9 Å². The van der Waals surface area contributed by atoms with Gasteiger partial charge in [0.1, 0.15) is 5.54 Å². The molecule has 8 heteroatoms. The highest BCUT2D eigenvalue weighted by atomic mass is 16.5. The normalized spacial score (nSPS) is 15.0. The lowest BCUT2D eigenvalue weighted by Crippen LogP contribution is -2.46. The van der Waals surface area contributed by atoms with Gasteiger partial charge in [0.05, 0.1) is 25.1 Å². The Balaban J connectivity index is 1.65. The van der Waals surface area contributed by atoms with Gasteiger partial charge in [-0.2, -0.15) is 10.4 Å². The molecule has 1 saturated carbocycles. The number of aromatic nitrogens is 2. The van der Waals surface area contributed by atoms with Crippen LogP contribution in [0, 0.1) is 11.3 Å². The van der Waals surface area contributed by atoms with E-state index >= 15 is 0 Å². The zero-order valence-electron chi connectivity index (χ0n) is 15.0. The number of rotatable bonds is 6. The molecule has 0 unspecified atom stereocenters. The van der Waals surface area contributed by atoms with Crippen LogP contribution in [0.1, 0.15) is 36.2 Å². The standard InChI is InChI=1S/C19H20N4O4/c1-26-15-11-23(14-7-3-2-4-8-14)22-17(15)18(25)27-12-16(24)21-19(13-20)9-5-6-10-19/h2-4,7-8,11H,5-6,9-10,12H2,1H3,(H,21,24). The number of carbonyl (C=O) groups is 2. The summed E-state index contributed by atoms with van der Waals surface area (Å²) in [6, 6.07) is 11.4. The number of ether oxygens (including phenoxy) is 2. The lowest BCUT2D eigenvalue weighted by atomic mass is 10.00. The Hall–Kier alpha value is -3.34. The molecule has 0 aliphatic heterocycles. The van der Waals surface area contributed by atoms with Gasteiger partial charge in [-0.3, -0.25) is 4.79 Å². The second-order valence-corrected chi connectivity index (χ2v) is 6.35. The lowest BCUT2D eigenvalue weighted by molar-refractivity contribution is -0.125. The van der Waals surface area contributed by atoms with Crippen LogP contribution in [0.25, 0.3) is 5.69 Å². The molecule has 1 aliphatic rings. The van der Waals surface area contributed by atoms with Crippen molar-refractivity contribution in [2.45, 2.75) is 31.2 Å². The van der Waals surface area contributed by atoms with Crippen LogP contribution in [0.5, 0.6) is 5.75 Å². The van der Waals surface area contributed by atoms with Gasteiger partial charge in [-0.05, 0) is 37.8 Å². The average molecular weight is 368 g/mol. The summed E-state index contributed by atoms with van der Waals surface area (Å²) in [7, 11) is 1.42. The van der Waals surface area contributed by atoms with Crippen molar-refractivity contribution in [3.05, 3.63) is 42.2 Å². The molecule has 3 rings (SSSR count). The Labute approximate surface area is 156 Å². The van der Waals surface area contributed by atoms with Crippen molar-refractivity contribution in [1.82, 2.24) is 15.1 Å².